The van der Waals surface area contributed by atoms with Crippen LogP contribution in [0.25, 0.3) is 0 Å². The highest BCUT2D eigenvalue weighted by molar-refractivity contribution is 7.10. The van der Waals surface area contributed by atoms with Crippen molar-refractivity contribution in [3.05, 3.63) is 75.7 Å². The number of carbonyl (C=O) groups is 1. The molecule has 0 radical (unpaired) electrons. The Labute approximate surface area is 222 Å². The summed E-state index contributed by atoms with van der Waals surface area (Å²) in [6.45, 7) is 3.07. The summed E-state index contributed by atoms with van der Waals surface area (Å²) in [6.07, 6.45) is 20.1. The predicted molar refractivity (Wildman–Crippen MR) is 154 cm³/mol. The van der Waals surface area contributed by atoms with E-state index in [0.29, 0.717) is 5.69 Å². The molecular weight excluding hydrogens is 462 g/mol. The SMILES string of the molecule is CCCCCCCCCCCCCCCCOc1ccc(C(c2ccc(C=O)[nH]2)c2cccs2)cc1. The molecule has 36 heavy (non-hydrogen) atoms. The van der Waals surface area contributed by atoms with Gasteiger partial charge in [-0.1, -0.05) is 109 Å². The van der Waals surface area contributed by atoms with Crippen molar-refractivity contribution in [2.75, 3.05) is 6.61 Å². The summed E-state index contributed by atoms with van der Waals surface area (Å²) in [5.41, 5.74) is 2.84. The Balaban J connectivity index is 1.28. The van der Waals surface area contributed by atoms with Gasteiger partial charge in [0, 0.05) is 10.6 Å². The summed E-state index contributed by atoms with van der Waals surface area (Å²) < 4.78 is 6.01. The highest BCUT2D eigenvalue weighted by Crippen LogP contribution is 2.34. The van der Waals surface area contributed by atoms with Crippen molar-refractivity contribution < 1.29 is 9.53 Å². The van der Waals surface area contributed by atoms with Crippen molar-refractivity contribution in [1.82, 2.24) is 4.98 Å². The van der Waals surface area contributed by atoms with Crippen molar-refractivity contribution in [2.24, 2.45) is 0 Å². The van der Waals surface area contributed by atoms with Crippen LogP contribution < -0.4 is 4.74 Å². The van der Waals surface area contributed by atoms with E-state index in [1.165, 1.54) is 93.9 Å². The van der Waals surface area contributed by atoms with E-state index in [0.717, 1.165) is 30.8 Å². The molecule has 3 aromatic rings. The van der Waals surface area contributed by atoms with E-state index in [9.17, 15) is 4.79 Å². The Morgan fingerprint density at radius 1 is 0.778 bits per heavy atom. The topological polar surface area (TPSA) is 42.1 Å². The maximum absolute atomic E-state index is 11.1. The number of thiophene rings is 1. The van der Waals surface area contributed by atoms with Crippen molar-refractivity contribution in [3.8, 4) is 5.75 Å². The first-order valence-corrected chi connectivity index (χ1v) is 15.1. The standard InChI is InChI=1S/C32H45NO2S/c1-2-3-4-5-6-7-8-9-10-11-12-13-14-15-24-35-29-21-18-27(19-22-29)32(31-17-16-25-36-31)30-23-20-28(26-34)33-30/h16-23,25-26,32-33H,2-15,24H2,1H3. The first-order chi connectivity index (χ1) is 17.8. The zero-order valence-electron chi connectivity index (χ0n) is 22.2. The number of hydrogen-bond donors (Lipinski definition) is 1. The zero-order valence-corrected chi connectivity index (χ0v) is 23.0. The van der Waals surface area contributed by atoms with Crippen molar-refractivity contribution in [2.45, 2.75) is 103 Å². The molecule has 0 amide bonds. The van der Waals surface area contributed by atoms with Crippen LogP contribution in [0.1, 0.15) is 129 Å². The van der Waals surface area contributed by atoms with Gasteiger partial charge < -0.3 is 9.72 Å². The normalized spacial score (nSPS) is 12.0. The molecule has 196 valence electrons. The number of H-pyrrole nitrogens is 1. The second-order valence-corrected chi connectivity index (χ2v) is 10.9. The Morgan fingerprint density at radius 3 is 1.92 bits per heavy atom. The molecule has 1 aromatic carbocycles. The minimum absolute atomic E-state index is 0.0959. The third kappa shape index (κ3) is 9.97. The van der Waals surface area contributed by atoms with E-state index in [2.05, 4.69) is 53.7 Å². The number of aromatic nitrogens is 1. The van der Waals surface area contributed by atoms with Crippen LogP contribution in [-0.4, -0.2) is 17.9 Å². The van der Waals surface area contributed by atoms with E-state index >= 15 is 0 Å². The van der Waals surface area contributed by atoms with Crippen LogP contribution in [0.15, 0.2) is 53.9 Å². The molecule has 0 spiro atoms. The molecule has 0 saturated heterocycles. The predicted octanol–water partition coefficient (Wildman–Crippen LogP) is 9.93. The molecule has 0 aliphatic carbocycles. The van der Waals surface area contributed by atoms with Crippen LogP contribution in [0.4, 0.5) is 0 Å². The fourth-order valence-corrected chi connectivity index (χ4v) is 5.73. The number of benzene rings is 1. The van der Waals surface area contributed by atoms with Crippen LogP contribution in [0.2, 0.25) is 0 Å². The number of carbonyl (C=O) groups excluding carboxylic acids is 1. The van der Waals surface area contributed by atoms with Gasteiger partial charge in [0.05, 0.1) is 18.2 Å². The van der Waals surface area contributed by atoms with Gasteiger partial charge in [0.25, 0.3) is 0 Å². The summed E-state index contributed by atoms with van der Waals surface area (Å²) in [7, 11) is 0. The number of unbranched alkanes of at least 4 members (excludes halogenated alkanes) is 13. The lowest BCUT2D eigenvalue weighted by Gasteiger charge is -2.16. The van der Waals surface area contributed by atoms with Crippen molar-refractivity contribution >= 4 is 17.6 Å². The van der Waals surface area contributed by atoms with E-state index in [-0.39, 0.29) is 5.92 Å². The molecule has 1 atom stereocenters. The van der Waals surface area contributed by atoms with Crippen LogP contribution in [0.3, 0.4) is 0 Å². The Morgan fingerprint density at radius 2 is 1.39 bits per heavy atom. The maximum Gasteiger partial charge on any atom is 0.166 e. The number of ether oxygens (including phenoxy) is 1. The van der Waals surface area contributed by atoms with E-state index in [1.54, 1.807) is 11.3 Å². The van der Waals surface area contributed by atoms with E-state index in [1.807, 2.05) is 12.1 Å². The lowest BCUT2D eigenvalue weighted by atomic mass is 9.94. The fourth-order valence-electron chi connectivity index (χ4n) is 4.86. The van der Waals surface area contributed by atoms with Gasteiger partial charge in [-0.2, -0.15) is 0 Å². The molecule has 0 fully saturated rings. The van der Waals surface area contributed by atoms with Gasteiger partial charge in [0.2, 0.25) is 0 Å². The van der Waals surface area contributed by atoms with E-state index < -0.39 is 0 Å². The van der Waals surface area contributed by atoms with Crippen molar-refractivity contribution in [3.63, 3.8) is 0 Å². The second-order valence-electron chi connectivity index (χ2n) is 9.95. The van der Waals surface area contributed by atoms with Crippen LogP contribution >= 0.6 is 11.3 Å². The molecule has 0 aliphatic heterocycles. The third-order valence-corrected chi connectivity index (χ3v) is 7.91. The molecule has 1 N–H and O–H groups in total. The zero-order chi connectivity index (χ0) is 25.3. The third-order valence-electron chi connectivity index (χ3n) is 6.98. The molecular formula is C32H45NO2S. The highest BCUT2D eigenvalue weighted by Gasteiger charge is 2.19. The number of rotatable bonds is 20. The summed E-state index contributed by atoms with van der Waals surface area (Å²) >= 11 is 1.73. The highest BCUT2D eigenvalue weighted by atomic mass is 32.1. The molecule has 1 unspecified atom stereocenters. The Hall–Kier alpha value is -2.33. The first-order valence-electron chi connectivity index (χ1n) is 14.2. The van der Waals surface area contributed by atoms with Gasteiger partial charge in [-0.15, -0.1) is 11.3 Å². The lowest BCUT2D eigenvalue weighted by Crippen LogP contribution is -2.03. The molecule has 2 aromatic heterocycles. The summed E-state index contributed by atoms with van der Waals surface area (Å²) in [5, 5.41) is 2.10. The monoisotopic (exact) mass is 507 g/mol. The number of nitrogens with one attached hydrogen (secondary N) is 1. The quantitative estimate of drug-likeness (QED) is 0.122. The van der Waals surface area contributed by atoms with Crippen molar-refractivity contribution in [1.29, 1.82) is 0 Å². The van der Waals surface area contributed by atoms with E-state index in [4.69, 9.17) is 4.74 Å². The molecule has 0 saturated carbocycles. The smallest absolute Gasteiger partial charge is 0.166 e. The van der Waals surface area contributed by atoms with Gasteiger partial charge in [-0.25, -0.2) is 0 Å². The largest absolute Gasteiger partial charge is 0.494 e. The molecule has 3 rings (SSSR count). The Kier molecular flexibility index (Phi) is 13.5. The first kappa shape index (κ1) is 28.2. The van der Waals surface area contributed by atoms with Crippen LogP contribution in [0, 0.1) is 0 Å². The average Bonchev–Trinajstić information content (AvgIpc) is 3.60. The maximum atomic E-state index is 11.1. The minimum Gasteiger partial charge on any atom is -0.494 e. The van der Waals surface area contributed by atoms with Gasteiger partial charge in [0.15, 0.2) is 6.29 Å². The van der Waals surface area contributed by atoms with Gasteiger partial charge in [-0.05, 0) is 47.7 Å². The molecule has 0 bridgehead atoms. The summed E-state index contributed by atoms with van der Waals surface area (Å²) in [6, 6.07) is 16.5. The number of hydrogen-bond acceptors (Lipinski definition) is 3. The summed E-state index contributed by atoms with van der Waals surface area (Å²) in [5.74, 6) is 1.02. The van der Waals surface area contributed by atoms with Crippen LogP contribution in [-0.2, 0) is 0 Å². The summed E-state index contributed by atoms with van der Waals surface area (Å²) in [4.78, 5) is 15.7. The average molecular weight is 508 g/mol. The van der Waals surface area contributed by atoms with Gasteiger partial charge in [0.1, 0.15) is 5.75 Å². The molecule has 0 aliphatic rings. The second kappa shape index (κ2) is 17.2. The number of aldehydes is 1. The molecule has 2 heterocycles. The Bertz CT molecular complexity index is 945. The van der Waals surface area contributed by atoms with Crippen LogP contribution in [0.5, 0.6) is 5.75 Å². The minimum atomic E-state index is 0.0959. The molecule has 3 nitrogen and oxygen atoms in total. The fraction of sp³-hybridized carbons (Fsp3) is 0.531. The van der Waals surface area contributed by atoms with Gasteiger partial charge >= 0.3 is 0 Å². The van der Waals surface area contributed by atoms with Gasteiger partial charge in [-0.3, -0.25) is 4.79 Å². The lowest BCUT2D eigenvalue weighted by molar-refractivity contribution is 0.111. The number of aromatic amines is 1. The molecule has 4 heteroatoms.